The summed E-state index contributed by atoms with van der Waals surface area (Å²) in [5.74, 6) is 0.953. The summed E-state index contributed by atoms with van der Waals surface area (Å²) in [6.07, 6.45) is 0.881. The lowest BCUT2D eigenvalue weighted by molar-refractivity contribution is 0.729. The predicted molar refractivity (Wildman–Crippen MR) is 94.3 cm³/mol. The second-order valence-electron chi connectivity index (χ2n) is 5.72. The zero-order valence-electron chi connectivity index (χ0n) is 12.8. The summed E-state index contributed by atoms with van der Waals surface area (Å²) in [7, 11) is 0. The highest BCUT2D eigenvalue weighted by molar-refractivity contribution is 7.98. The highest BCUT2D eigenvalue weighted by Crippen LogP contribution is 2.30. The van der Waals surface area contributed by atoms with E-state index in [4.69, 9.17) is 17.3 Å². The fraction of sp³-hybridized carbons (Fsp3) is 0.333. The lowest BCUT2D eigenvalue weighted by Crippen LogP contribution is -2.18. The van der Waals surface area contributed by atoms with Gasteiger partial charge >= 0.3 is 0 Å². The van der Waals surface area contributed by atoms with E-state index in [2.05, 4.69) is 38.1 Å². The molecule has 2 N–H and O–H groups in total. The van der Waals surface area contributed by atoms with Crippen molar-refractivity contribution in [1.29, 1.82) is 0 Å². The molecule has 2 aromatic carbocycles. The van der Waals surface area contributed by atoms with Crippen LogP contribution in [0, 0.1) is 13.8 Å². The standard InChI is InChI=1S/C18H22ClNS/c1-12-6-13(2)8-15(7-12)11-21-18-10-17(19)5-4-16(18)9-14(3)20/h4-8,10,14H,9,11,20H2,1-3H3. The van der Waals surface area contributed by atoms with Crippen molar-refractivity contribution in [2.75, 3.05) is 0 Å². The molecule has 0 fully saturated rings. The lowest BCUT2D eigenvalue weighted by atomic mass is 10.1. The van der Waals surface area contributed by atoms with E-state index in [0.717, 1.165) is 17.2 Å². The number of aryl methyl sites for hydroxylation is 2. The Morgan fingerprint density at radius 2 is 1.76 bits per heavy atom. The molecule has 0 heterocycles. The van der Waals surface area contributed by atoms with Crippen LogP contribution in [0.5, 0.6) is 0 Å². The molecule has 0 bridgehead atoms. The minimum Gasteiger partial charge on any atom is -0.328 e. The summed E-state index contributed by atoms with van der Waals surface area (Å²) in [6.45, 7) is 6.32. The van der Waals surface area contributed by atoms with Gasteiger partial charge in [-0.25, -0.2) is 0 Å². The van der Waals surface area contributed by atoms with Crippen LogP contribution in [-0.2, 0) is 12.2 Å². The van der Waals surface area contributed by atoms with E-state index in [1.807, 2.05) is 30.8 Å². The fourth-order valence-corrected chi connectivity index (χ4v) is 3.76. The van der Waals surface area contributed by atoms with E-state index in [1.54, 1.807) is 0 Å². The third-order valence-electron chi connectivity index (χ3n) is 3.25. The molecule has 0 aliphatic carbocycles. The molecule has 0 saturated heterocycles. The Labute approximate surface area is 136 Å². The maximum atomic E-state index is 6.14. The first kappa shape index (κ1) is 16.4. The average molecular weight is 320 g/mol. The maximum absolute atomic E-state index is 6.14. The van der Waals surface area contributed by atoms with Crippen molar-refractivity contribution >= 4 is 23.4 Å². The second-order valence-corrected chi connectivity index (χ2v) is 7.17. The van der Waals surface area contributed by atoms with Crippen molar-refractivity contribution in [3.8, 4) is 0 Å². The Hall–Kier alpha value is -0.960. The molecule has 2 aromatic rings. The molecule has 1 atom stereocenters. The van der Waals surface area contributed by atoms with E-state index >= 15 is 0 Å². The molecule has 112 valence electrons. The molecule has 0 spiro atoms. The number of benzene rings is 2. The maximum Gasteiger partial charge on any atom is 0.0417 e. The molecule has 3 heteroatoms. The molecule has 0 saturated carbocycles. The van der Waals surface area contributed by atoms with Gasteiger partial charge in [0.25, 0.3) is 0 Å². The van der Waals surface area contributed by atoms with Crippen LogP contribution in [0.4, 0.5) is 0 Å². The van der Waals surface area contributed by atoms with Crippen LogP contribution in [0.15, 0.2) is 41.3 Å². The summed E-state index contributed by atoms with van der Waals surface area (Å²) in [5, 5.41) is 0.784. The first-order chi connectivity index (χ1) is 9.94. The van der Waals surface area contributed by atoms with Crippen LogP contribution in [-0.4, -0.2) is 6.04 Å². The van der Waals surface area contributed by atoms with Crippen LogP contribution in [0.2, 0.25) is 5.02 Å². The quantitative estimate of drug-likeness (QED) is 0.772. The number of hydrogen-bond donors (Lipinski definition) is 1. The zero-order chi connectivity index (χ0) is 15.4. The van der Waals surface area contributed by atoms with E-state index in [9.17, 15) is 0 Å². The van der Waals surface area contributed by atoms with Crippen molar-refractivity contribution in [2.45, 2.75) is 43.9 Å². The third-order valence-corrected chi connectivity index (χ3v) is 4.65. The van der Waals surface area contributed by atoms with Crippen LogP contribution in [0.25, 0.3) is 0 Å². The summed E-state index contributed by atoms with van der Waals surface area (Å²) in [4.78, 5) is 1.24. The molecule has 1 nitrogen and oxygen atoms in total. The Morgan fingerprint density at radius 1 is 1.10 bits per heavy atom. The van der Waals surface area contributed by atoms with Crippen LogP contribution in [0.3, 0.4) is 0 Å². The minimum absolute atomic E-state index is 0.159. The van der Waals surface area contributed by atoms with E-state index in [-0.39, 0.29) is 6.04 Å². The van der Waals surface area contributed by atoms with Gasteiger partial charge in [0.2, 0.25) is 0 Å². The summed E-state index contributed by atoms with van der Waals surface area (Å²) < 4.78 is 0. The van der Waals surface area contributed by atoms with Crippen molar-refractivity contribution in [3.63, 3.8) is 0 Å². The van der Waals surface area contributed by atoms with Gasteiger partial charge in [0.05, 0.1) is 0 Å². The molecule has 0 aromatic heterocycles. The van der Waals surface area contributed by atoms with Gasteiger partial charge in [-0.3, -0.25) is 0 Å². The number of thioether (sulfide) groups is 1. The smallest absolute Gasteiger partial charge is 0.0417 e. The minimum atomic E-state index is 0.159. The molecule has 0 radical (unpaired) electrons. The highest BCUT2D eigenvalue weighted by Gasteiger charge is 2.07. The number of hydrogen-bond acceptors (Lipinski definition) is 2. The molecule has 0 aliphatic rings. The van der Waals surface area contributed by atoms with Crippen molar-refractivity contribution in [1.82, 2.24) is 0 Å². The Bertz CT molecular complexity index is 602. The van der Waals surface area contributed by atoms with Crippen LogP contribution >= 0.6 is 23.4 Å². The number of rotatable bonds is 5. The normalized spacial score (nSPS) is 12.4. The Morgan fingerprint density at radius 3 is 2.38 bits per heavy atom. The summed E-state index contributed by atoms with van der Waals surface area (Å²) in [6, 6.07) is 12.9. The van der Waals surface area contributed by atoms with E-state index < -0.39 is 0 Å². The van der Waals surface area contributed by atoms with Crippen LogP contribution in [0.1, 0.15) is 29.2 Å². The Balaban J connectivity index is 2.16. The lowest BCUT2D eigenvalue weighted by Gasteiger charge is -2.12. The number of nitrogens with two attached hydrogens (primary N) is 1. The van der Waals surface area contributed by atoms with E-state index in [0.29, 0.717) is 0 Å². The van der Waals surface area contributed by atoms with Gasteiger partial charge in [0.15, 0.2) is 0 Å². The van der Waals surface area contributed by atoms with Gasteiger partial charge in [-0.05, 0) is 50.5 Å². The number of halogens is 1. The molecule has 2 rings (SSSR count). The SMILES string of the molecule is Cc1cc(C)cc(CSc2cc(Cl)ccc2CC(C)N)c1. The topological polar surface area (TPSA) is 26.0 Å². The molecular weight excluding hydrogens is 298 g/mol. The van der Waals surface area contributed by atoms with Gasteiger partial charge in [-0.1, -0.05) is 47.0 Å². The summed E-state index contributed by atoms with van der Waals surface area (Å²) >= 11 is 7.97. The zero-order valence-corrected chi connectivity index (χ0v) is 14.4. The molecular formula is C18H22ClNS. The fourth-order valence-electron chi connectivity index (χ4n) is 2.49. The average Bonchev–Trinajstić information content (AvgIpc) is 2.37. The largest absolute Gasteiger partial charge is 0.328 e. The second kappa shape index (κ2) is 7.35. The van der Waals surface area contributed by atoms with Gasteiger partial charge in [-0.15, -0.1) is 11.8 Å². The van der Waals surface area contributed by atoms with Crippen molar-refractivity contribution in [3.05, 3.63) is 63.7 Å². The molecule has 1 unspecified atom stereocenters. The van der Waals surface area contributed by atoms with E-state index in [1.165, 1.54) is 27.1 Å². The highest BCUT2D eigenvalue weighted by atomic mass is 35.5. The van der Waals surface area contributed by atoms with Gasteiger partial charge in [0, 0.05) is 21.7 Å². The van der Waals surface area contributed by atoms with Gasteiger partial charge in [0.1, 0.15) is 0 Å². The van der Waals surface area contributed by atoms with Crippen molar-refractivity contribution < 1.29 is 0 Å². The van der Waals surface area contributed by atoms with Gasteiger partial charge < -0.3 is 5.73 Å². The monoisotopic (exact) mass is 319 g/mol. The summed E-state index contributed by atoms with van der Waals surface area (Å²) in [5.41, 5.74) is 11.2. The molecule has 0 aliphatic heterocycles. The first-order valence-electron chi connectivity index (χ1n) is 7.18. The molecule has 0 amide bonds. The third kappa shape index (κ3) is 5.06. The predicted octanol–water partition coefficient (Wildman–Crippen LogP) is 5.14. The van der Waals surface area contributed by atoms with Gasteiger partial charge in [-0.2, -0.15) is 0 Å². The first-order valence-corrected chi connectivity index (χ1v) is 8.54. The molecule has 21 heavy (non-hydrogen) atoms. The Kier molecular flexibility index (Phi) is 5.74. The van der Waals surface area contributed by atoms with Crippen molar-refractivity contribution in [2.24, 2.45) is 5.73 Å². The van der Waals surface area contributed by atoms with Crippen LogP contribution < -0.4 is 5.73 Å².